The zero-order valence-electron chi connectivity index (χ0n) is 13.2. The van der Waals surface area contributed by atoms with Crippen LogP contribution in [0.1, 0.15) is 17.2 Å². The minimum Gasteiger partial charge on any atom is -0.327 e. The molecule has 0 unspecified atom stereocenters. The van der Waals surface area contributed by atoms with E-state index in [9.17, 15) is 9.18 Å². The van der Waals surface area contributed by atoms with Crippen molar-refractivity contribution < 1.29 is 9.18 Å². The largest absolute Gasteiger partial charge is 0.327 e. The smallest absolute Gasteiger partial charge is 0.320 e. The maximum absolute atomic E-state index is 13.9. The molecule has 0 aliphatic heterocycles. The van der Waals surface area contributed by atoms with Crippen LogP contribution in [0.5, 0.6) is 0 Å². The van der Waals surface area contributed by atoms with Gasteiger partial charge in [-0.2, -0.15) is 0 Å². The minimum atomic E-state index is -0.585. The number of amides is 2. The van der Waals surface area contributed by atoms with E-state index >= 15 is 0 Å². The maximum atomic E-state index is 13.9. The third kappa shape index (κ3) is 4.17. The summed E-state index contributed by atoms with van der Waals surface area (Å²) in [5, 5.41) is 5.51. The monoisotopic (exact) mass is 354 g/mol. The lowest BCUT2D eigenvalue weighted by Crippen LogP contribution is -2.33. The number of benzene rings is 3. The molecule has 126 valence electrons. The molecule has 0 spiro atoms. The fraction of sp³-hybridized carbons (Fsp3) is 0.0500. The second-order valence-electron chi connectivity index (χ2n) is 5.45. The van der Waals surface area contributed by atoms with E-state index in [-0.39, 0.29) is 16.8 Å². The molecule has 0 saturated heterocycles. The van der Waals surface area contributed by atoms with Gasteiger partial charge in [-0.25, -0.2) is 9.18 Å². The van der Waals surface area contributed by atoms with E-state index in [0.717, 1.165) is 11.1 Å². The summed E-state index contributed by atoms with van der Waals surface area (Å²) in [7, 11) is 0. The van der Waals surface area contributed by atoms with Gasteiger partial charge in [0.05, 0.1) is 16.8 Å². The summed E-state index contributed by atoms with van der Waals surface area (Å²) >= 11 is 5.96. The van der Waals surface area contributed by atoms with Crippen LogP contribution in [-0.4, -0.2) is 6.03 Å². The highest BCUT2D eigenvalue weighted by molar-refractivity contribution is 6.33. The standard InChI is InChI=1S/C20H16ClFN2O/c21-16-12-7-13-17(22)19(16)24-20(25)23-18(14-8-3-1-4-9-14)15-10-5-2-6-11-15/h1-13,18H,(H2,23,24,25). The summed E-state index contributed by atoms with van der Waals surface area (Å²) in [4.78, 5) is 12.4. The van der Waals surface area contributed by atoms with Gasteiger partial charge in [-0.1, -0.05) is 78.3 Å². The number of carbonyl (C=O) groups excluding carboxylic acids is 1. The molecular formula is C20H16ClFN2O. The third-order valence-corrected chi connectivity index (χ3v) is 4.06. The molecule has 0 aromatic heterocycles. The van der Waals surface area contributed by atoms with E-state index in [1.807, 2.05) is 60.7 Å². The van der Waals surface area contributed by atoms with Crippen LogP contribution in [0.15, 0.2) is 78.9 Å². The number of nitrogens with one attached hydrogen (secondary N) is 2. The molecule has 3 aromatic carbocycles. The van der Waals surface area contributed by atoms with Crippen LogP contribution in [0.2, 0.25) is 5.02 Å². The number of urea groups is 1. The predicted octanol–water partition coefficient (Wildman–Crippen LogP) is 5.39. The first-order valence-corrected chi connectivity index (χ1v) is 8.14. The first kappa shape index (κ1) is 17.0. The third-order valence-electron chi connectivity index (χ3n) is 3.74. The van der Waals surface area contributed by atoms with E-state index in [1.54, 1.807) is 0 Å². The highest BCUT2D eigenvalue weighted by Crippen LogP contribution is 2.26. The van der Waals surface area contributed by atoms with Crippen LogP contribution in [0.3, 0.4) is 0 Å². The van der Waals surface area contributed by atoms with E-state index in [1.165, 1.54) is 18.2 Å². The Morgan fingerprint density at radius 1 is 0.840 bits per heavy atom. The van der Waals surface area contributed by atoms with Crippen LogP contribution >= 0.6 is 11.6 Å². The molecule has 0 saturated carbocycles. The second-order valence-corrected chi connectivity index (χ2v) is 5.86. The average molecular weight is 355 g/mol. The molecule has 0 aliphatic carbocycles. The number of para-hydroxylation sites is 1. The molecule has 25 heavy (non-hydrogen) atoms. The Hall–Kier alpha value is -2.85. The Morgan fingerprint density at radius 3 is 1.92 bits per heavy atom. The van der Waals surface area contributed by atoms with Gasteiger partial charge >= 0.3 is 6.03 Å². The van der Waals surface area contributed by atoms with Gasteiger partial charge in [0.2, 0.25) is 0 Å². The SMILES string of the molecule is O=C(Nc1c(F)cccc1Cl)NC(c1ccccc1)c1ccccc1. The maximum Gasteiger partial charge on any atom is 0.320 e. The van der Waals surface area contributed by atoms with Crippen molar-refractivity contribution in [3.05, 3.63) is 101 Å². The van der Waals surface area contributed by atoms with E-state index in [2.05, 4.69) is 10.6 Å². The van der Waals surface area contributed by atoms with Crippen molar-refractivity contribution in [2.75, 3.05) is 5.32 Å². The molecule has 2 N–H and O–H groups in total. The van der Waals surface area contributed by atoms with Crippen molar-refractivity contribution in [2.45, 2.75) is 6.04 Å². The van der Waals surface area contributed by atoms with Crippen molar-refractivity contribution in [1.29, 1.82) is 0 Å². The van der Waals surface area contributed by atoms with Gasteiger partial charge < -0.3 is 10.6 Å². The summed E-state index contributed by atoms with van der Waals surface area (Å²) in [5.41, 5.74) is 1.80. The lowest BCUT2D eigenvalue weighted by molar-refractivity contribution is 0.250. The summed E-state index contributed by atoms with van der Waals surface area (Å²) in [5.74, 6) is -0.585. The van der Waals surface area contributed by atoms with Crippen molar-refractivity contribution in [2.24, 2.45) is 0 Å². The van der Waals surface area contributed by atoms with Crippen molar-refractivity contribution in [3.8, 4) is 0 Å². The van der Waals surface area contributed by atoms with Gasteiger partial charge in [0.15, 0.2) is 0 Å². The Bertz CT molecular complexity index is 796. The molecule has 0 heterocycles. The molecule has 5 heteroatoms. The fourth-order valence-electron chi connectivity index (χ4n) is 2.55. The van der Waals surface area contributed by atoms with Gasteiger partial charge in [-0.3, -0.25) is 0 Å². The Balaban J connectivity index is 1.84. The van der Waals surface area contributed by atoms with Gasteiger partial charge in [0.1, 0.15) is 5.82 Å². The Kier molecular flexibility index (Phi) is 5.31. The summed E-state index contributed by atoms with van der Waals surface area (Å²) in [6.07, 6.45) is 0. The van der Waals surface area contributed by atoms with E-state index in [0.29, 0.717) is 0 Å². The summed E-state index contributed by atoms with van der Waals surface area (Å²) in [6, 6.07) is 22.5. The number of halogens is 2. The van der Waals surface area contributed by atoms with Crippen LogP contribution in [-0.2, 0) is 0 Å². The number of rotatable bonds is 4. The van der Waals surface area contributed by atoms with Gasteiger partial charge in [0, 0.05) is 0 Å². The topological polar surface area (TPSA) is 41.1 Å². The van der Waals surface area contributed by atoms with Crippen LogP contribution in [0, 0.1) is 5.82 Å². The normalized spacial score (nSPS) is 10.5. The fourth-order valence-corrected chi connectivity index (χ4v) is 2.76. The molecule has 0 fully saturated rings. The predicted molar refractivity (Wildman–Crippen MR) is 98.3 cm³/mol. The number of carbonyl (C=O) groups is 1. The summed E-state index contributed by atoms with van der Waals surface area (Å²) in [6.45, 7) is 0. The van der Waals surface area contributed by atoms with Gasteiger partial charge in [-0.15, -0.1) is 0 Å². The first-order valence-electron chi connectivity index (χ1n) is 7.76. The quantitative estimate of drug-likeness (QED) is 0.648. The van der Waals surface area contributed by atoms with E-state index < -0.39 is 11.8 Å². The zero-order valence-corrected chi connectivity index (χ0v) is 14.0. The van der Waals surface area contributed by atoms with E-state index in [4.69, 9.17) is 11.6 Å². The second kappa shape index (κ2) is 7.81. The van der Waals surface area contributed by atoms with Crippen molar-refractivity contribution in [3.63, 3.8) is 0 Å². The lowest BCUT2D eigenvalue weighted by Gasteiger charge is -2.20. The van der Waals surface area contributed by atoms with Gasteiger partial charge in [0.25, 0.3) is 0 Å². The lowest BCUT2D eigenvalue weighted by atomic mass is 9.99. The molecule has 2 amide bonds. The van der Waals surface area contributed by atoms with Crippen LogP contribution < -0.4 is 10.6 Å². The number of anilines is 1. The van der Waals surface area contributed by atoms with Gasteiger partial charge in [-0.05, 0) is 23.3 Å². The van der Waals surface area contributed by atoms with Crippen LogP contribution in [0.4, 0.5) is 14.9 Å². The van der Waals surface area contributed by atoms with Crippen molar-refractivity contribution in [1.82, 2.24) is 5.32 Å². The average Bonchev–Trinajstić information content (AvgIpc) is 2.64. The van der Waals surface area contributed by atoms with Crippen LogP contribution in [0.25, 0.3) is 0 Å². The molecule has 0 bridgehead atoms. The molecule has 3 rings (SSSR count). The molecular weight excluding hydrogens is 339 g/mol. The molecule has 0 atom stereocenters. The first-order chi connectivity index (χ1) is 12.1. The molecule has 0 radical (unpaired) electrons. The highest BCUT2D eigenvalue weighted by atomic mass is 35.5. The molecule has 0 aliphatic rings. The summed E-state index contributed by atoms with van der Waals surface area (Å²) < 4.78 is 13.9. The Morgan fingerprint density at radius 2 is 1.40 bits per heavy atom. The zero-order chi connectivity index (χ0) is 17.6. The van der Waals surface area contributed by atoms with Crippen molar-refractivity contribution >= 4 is 23.3 Å². The molecule has 3 nitrogen and oxygen atoms in total. The minimum absolute atomic E-state index is 0.0402. The number of hydrogen-bond acceptors (Lipinski definition) is 1. The Labute approximate surface area is 150 Å². The highest BCUT2D eigenvalue weighted by Gasteiger charge is 2.18. The number of hydrogen-bond donors (Lipinski definition) is 2. The molecule has 3 aromatic rings.